The van der Waals surface area contributed by atoms with Crippen LogP contribution in [0.4, 0.5) is 0 Å². The first kappa shape index (κ1) is 16.0. The molecular weight excluding hydrogens is 238 g/mol. The topological polar surface area (TPSA) is 55.5 Å². The molecule has 0 saturated carbocycles. The Hall–Kier alpha value is -1.06. The Labute approximate surface area is 116 Å². The quantitative estimate of drug-likeness (QED) is 0.797. The molecule has 108 valence electrons. The van der Waals surface area contributed by atoms with E-state index in [1.807, 2.05) is 13.0 Å². The molecule has 0 heterocycles. The lowest BCUT2D eigenvalue weighted by molar-refractivity contribution is 0.134. The lowest BCUT2D eigenvalue weighted by Crippen LogP contribution is -2.32. The van der Waals surface area contributed by atoms with E-state index in [0.29, 0.717) is 12.3 Å². The Morgan fingerprint density at radius 3 is 2.53 bits per heavy atom. The summed E-state index contributed by atoms with van der Waals surface area (Å²) in [5, 5.41) is 9.87. The Kier molecular flexibility index (Phi) is 6.32. The minimum Gasteiger partial charge on any atom is -0.494 e. The molecule has 1 rings (SSSR count). The van der Waals surface area contributed by atoms with Crippen molar-refractivity contribution in [1.29, 1.82) is 0 Å². The maximum absolute atomic E-state index is 9.87. The summed E-state index contributed by atoms with van der Waals surface area (Å²) < 4.78 is 5.62. The molecule has 0 aliphatic heterocycles. The van der Waals surface area contributed by atoms with E-state index in [1.54, 1.807) is 0 Å². The lowest BCUT2D eigenvalue weighted by Gasteiger charge is -2.21. The van der Waals surface area contributed by atoms with Crippen LogP contribution in [0.25, 0.3) is 0 Å². The molecule has 1 aromatic rings. The van der Waals surface area contributed by atoms with E-state index in [-0.39, 0.29) is 6.04 Å². The predicted molar refractivity (Wildman–Crippen MR) is 79.7 cm³/mol. The predicted octanol–water partition coefficient (Wildman–Crippen LogP) is 2.99. The molecule has 1 aromatic carbocycles. The average molecular weight is 265 g/mol. The van der Waals surface area contributed by atoms with Gasteiger partial charge in [0.1, 0.15) is 5.75 Å². The molecule has 0 aromatic heterocycles. The van der Waals surface area contributed by atoms with Crippen LogP contribution in [0.5, 0.6) is 5.75 Å². The fourth-order valence-electron chi connectivity index (χ4n) is 2.21. The van der Waals surface area contributed by atoms with Crippen molar-refractivity contribution in [3.05, 3.63) is 29.3 Å². The summed E-state index contributed by atoms with van der Waals surface area (Å²) in [6, 6.07) is 5.99. The van der Waals surface area contributed by atoms with E-state index >= 15 is 0 Å². The van der Waals surface area contributed by atoms with Gasteiger partial charge in [0.2, 0.25) is 0 Å². The van der Waals surface area contributed by atoms with Gasteiger partial charge in [-0.2, -0.15) is 0 Å². The highest BCUT2D eigenvalue weighted by Crippen LogP contribution is 2.27. The zero-order chi connectivity index (χ0) is 14.4. The maximum atomic E-state index is 9.87. The molecule has 3 heteroatoms. The van der Waals surface area contributed by atoms with Gasteiger partial charge in [0.25, 0.3) is 0 Å². The highest BCUT2D eigenvalue weighted by Gasteiger charge is 2.17. The molecular formula is C16H27NO2. The number of aliphatic hydroxyl groups excluding tert-OH is 1. The highest BCUT2D eigenvalue weighted by atomic mass is 16.5. The van der Waals surface area contributed by atoms with Crippen molar-refractivity contribution in [2.24, 2.45) is 5.73 Å². The van der Waals surface area contributed by atoms with Gasteiger partial charge in [-0.1, -0.05) is 19.9 Å². The second kappa shape index (κ2) is 7.51. The fourth-order valence-corrected chi connectivity index (χ4v) is 2.21. The zero-order valence-electron chi connectivity index (χ0n) is 12.5. The monoisotopic (exact) mass is 265 g/mol. The third kappa shape index (κ3) is 4.84. The summed E-state index contributed by atoms with van der Waals surface area (Å²) in [6.07, 6.45) is 1.25. The van der Waals surface area contributed by atoms with Crippen molar-refractivity contribution >= 4 is 0 Å². The van der Waals surface area contributed by atoms with Gasteiger partial charge in [-0.25, -0.2) is 0 Å². The minimum absolute atomic E-state index is 0.185. The van der Waals surface area contributed by atoms with Crippen molar-refractivity contribution in [2.75, 3.05) is 6.61 Å². The van der Waals surface area contributed by atoms with E-state index in [2.05, 4.69) is 32.9 Å². The zero-order valence-corrected chi connectivity index (χ0v) is 12.5. The highest BCUT2D eigenvalue weighted by molar-refractivity contribution is 5.36. The van der Waals surface area contributed by atoms with Crippen LogP contribution in [0.1, 0.15) is 50.7 Å². The summed E-state index contributed by atoms with van der Waals surface area (Å²) >= 11 is 0. The van der Waals surface area contributed by atoms with Crippen LogP contribution in [0.3, 0.4) is 0 Å². The van der Waals surface area contributed by atoms with Crippen molar-refractivity contribution in [3.8, 4) is 5.75 Å². The molecule has 0 fully saturated rings. The van der Waals surface area contributed by atoms with Crippen LogP contribution >= 0.6 is 0 Å². The first-order chi connectivity index (χ1) is 8.95. The number of ether oxygens (including phenoxy) is 1. The Morgan fingerprint density at radius 2 is 2.00 bits per heavy atom. The van der Waals surface area contributed by atoms with Gasteiger partial charge in [-0.15, -0.1) is 0 Å². The Morgan fingerprint density at radius 1 is 1.32 bits per heavy atom. The molecule has 0 bridgehead atoms. The number of nitrogens with two attached hydrogens (primary N) is 1. The normalized spacial score (nSPS) is 15.9. The third-order valence-electron chi connectivity index (χ3n) is 3.45. The number of aliphatic hydroxyl groups is 1. The summed E-state index contributed by atoms with van der Waals surface area (Å²) in [5.74, 6) is 1.21. The molecule has 3 unspecified atom stereocenters. The Balaban J connectivity index is 2.72. The van der Waals surface area contributed by atoms with Crippen LogP contribution in [0.2, 0.25) is 0 Å². The molecule has 0 radical (unpaired) electrons. The maximum Gasteiger partial charge on any atom is 0.119 e. The molecule has 3 nitrogen and oxygen atoms in total. The van der Waals surface area contributed by atoms with E-state index in [0.717, 1.165) is 18.8 Å². The van der Waals surface area contributed by atoms with E-state index in [9.17, 15) is 5.11 Å². The first-order valence-corrected chi connectivity index (χ1v) is 7.12. The van der Waals surface area contributed by atoms with Gasteiger partial charge >= 0.3 is 0 Å². The van der Waals surface area contributed by atoms with Crippen molar-refractivity contribution in [1.82, 2.24) is 0 Å². The van der Waals surface area contributed by atoms with Crippen LogP contribution in [-0.4, -0.2) is 23.9 Å². The lowest BCUT2D eigenvalue weighted by atomic mass is 9.90. The van der Waals surface area contributed by atoms with Crippen LogP contribution in [-0.2, 0) is 0 Å². The summed E-state index contributed by atoms with van der Waals surface area (Å²) in [7, 11) is 0. The molecule has 3 N–H and O–H groups in total. The standard InChI is InChI=1S/C16H27NO2/c1-5-8-19-14-6-7-15(11(2)9-14)12(3)10-16(18)13(4)17/h6-7,9,12-13,16,18H,5,8,10,17H2,1-4H3. The number of hydrogen-bond donors (Lipinski definition) is 2. The molecule has 19 heavy (non-hydrogen) atoms. The molecule has 0 aliphatic rings. The SMILES string of the molecule is CCCOc1ccc(C(C)CC(O)C(C)N)c(C)c1. The summed E-state index contributed by atoms with van der Waals surface area (Å²) in [5.41, 5.74) is 8.17. The molecule has 0 aliphatic carbocycles. The van der Waals surface area contributed by atoms with Gasteiger partial charge in [0.15, 0.2) is 0 Å². The van der Waals surface area contributed by atoms with Crippen LogP contribution in [0, 0.1) is 6.92 Å². The number of rotatable bonds is 7. The molecule has 0 saturated heterocycles. The van der Waals surface area contributed by atoms with Crippen molar-refractivity contribution in [3.63, 3.8) is 0 Å². The second-order valence-corrected chi connectivity index (χ2v) is 5.43. The van der Waals surface area contributed by atoms with Crippen LogP contribution < -0.4 is 10.5 Å². The van der Waals surface area contributed by atoms with Gasteiger partial charge < -0.3 is 15.6 Å². The van der Waals surface area contributed by atoms with Gasteiger partial charge in [0, 0.05) is 6.04 Å². The summed E-state index contributed by atoms with van der Waals surface area (Å²) in [4.78, 5) is 0. The fraction of sp³-hybridized carbons (Fsp3) is 0.625. The van der Waals surface area contributed by atoms with E-state index in [4.69, 9.17) is 10.5 Å². The minimum atomic E-state index is -0.453. The summed E-state index contributed by atoms with van der Waals surface area (Å²) in [6.45, 7) is 8.89. The second-order valence-electron chi connectivity index (χ2n) is 5.43. The smallest absolute Gasteiger partial charge is 0.119 e. The molecule has 3 atom stereocenters. The number of aryl methyl sites for hydroxylation is 1. The number of benzene rings is 1. The molecule has 0 amide bonds. The average Bonchev–Trinajstić information content (AvgIpc) is 2.35. The molecule has 0 spiro atoms. The van der Waals surface area contributed by atoms with E-state index < -0.39 is 6.10 Å². The first-order valence-electron chi connectivity index (χ1n) is 7.12. The largest absolute Gasteiger partial charge is 0.494 e. The van der Waals surface area contributed by atoms with Crippen molar-refractivity contribution in [2.45, 2.75) is 58.6 Å². The Bertz CT molecular complexity index is 390. The van der Waals surface area contributed by atoms with E-state index in [1.165, 1.54) is 11.1 Å². The third-order valence-corrected chi connectivity index (χ3v) is 3.45. The van der Waals surface area contributed by atoms with Crippen molar-refractivity contribution < 1.29 is 9.84 Å². The van der Waals surface area contributed by atoms with Gasteiger partial charge in [-0.3, -0.25) is 0 Å². The number of hydrogen-bond acceptors (Lipinski definition) is 3. The van der Waals surface area contributed by atoms with Gasteiger partial charge in [0.05, 0.1) is 12.7 Å². The van der Waals surface area contributed by atoms with Gasteiger partial charge in [-0.05, 0) is 55.9 Å². The van der Waals surface area contributed by atoms with Crippen LogP contribution in [0.15, 0.2) is 18.2 Å².